The summed E-state index contributed by atoms with van der Waals surface area (Å²) in [6.07, 6.45) is 2.55. The molecule has 0 fully saturated rings. The van der Waals surface area contributed by atoms with Crippen molar-refractivity contribution in [1.29, 1.82) is 0 Å². The quantitative estimate of drug-likeness (QED) is 0.519. The number of hydrogen-bond acceptors (Lipinski definition) is 6. The van der Waals surface area contributed by atoms with Crippen LogP contribution in [0.2, 0.25) is 0 Å². The summed E-state index contributed by atoms with van der Waals surface area (Å²) < 4.78 is 4.82. The number of carbonyl (C=O) groups is 1. The number of nitro benzene ring substituents is 1. The van der Waals surface area contributed by atoms with E-state index in [1.165, 1.54) is 12.3 Å². The van der Waals surface area contributed by atoms with Crippen LogP contribution in [0.25, 0.3) is 10.8 Å². The number of ether oxygens (including phenoxy) is 1. The molecule has 1 amide bonds. The standard InChI is InChI=1S/C18H16N4O4/c1-2-26-18(23)21-13-5-3-12(4-6-13)20-16-7-8-17(22(24)25)15-11-19-10-9-14(15)16/h3-11,20H,2H2,1H3,(H,21,23). The average Bonchev–Trinajstić information content (AvgIpc) is 2.63. The highest BCUT2D eigenvalue weighted by molar-refractivity contribution is 6.00. The first kappa shape index (κ1) is 17.2. The summed E-state index contributed by atoms with van der Waals surface area (Å²) in [5.74, 6) is 0. The first-order valence-corrected chi connectivity index (χ1v) is 7.90. The average molecular weight is 352 g/mol. The molecule has 0 radical (unpaired) electrons. The SMILES string of the molecule is CCOC(=O)Nc1ccc(Nc2ccc([N+](=O)[O-])c3cnccc23)cc1. The second kappa shape index (κ2) is 7.47. The lowest BCUT2D eigenvalue weighted by Crippen LogP contribution is -2.13. The van der Waals surface area contributed by atoms with E-state index in [1.54, 1.807) is 49.5 Å². The number of nitrogens with one attached hydrogen (secondary N) is 2. The van der Waals surface area contributed by atoms with Crippen molar-refractivity contribution in [2.45, 2.75) is 6.92 Å². The summed E-state index contributed by atoms with van der Waals surface area (Å²) in [7, 11) is 0. The molecule has 3 aromatic rings. The minimum absolute atomic E-state index is 0.00707. The van der Waals surface area contributed by atoms with Gasteiger partial charge in [-0.1, -0.05) is 0 Å². The zero-order chi connectivity index (χ0) is 18.5. The van der Waals surface area contributed by atoms with Gasteiger partial charge in [-0.05, 0) is 43.3 Å². The van der Waals surface area contributed by atoms with Gasteiger partial charge in [-0.3, -0.25) is 20.4 Å². The van der Waals surface area contributed by atoms with Crippen LogP contribution in [0.5, 0.6) is 0 Å². The van der Waals surface area contributed by atoms with Crippen LogP contribution in [0, 0.1) is 10.1 Å². The van der Waals surface area contributed by atoms with E-state index in [0.717, 1.165) is 11.4 Å². The molecule has 8 nitrogen and oxygen atoms in total. The van der Waals surface area contributed by atoms with E-state index in [1.807, 2.05) is 0 Å². The van der Waals surface area contributed by atoms with Gasteiger partial charge in [0.2, 0.25) is 0 Å². The van der Waals surface area contributed by atoms with Crippen molar-refractivity contribution in [3.63, 3.8) is 0 Å². The molecule has 0 aliphatic carbocycles. The number of anilines is 3. The van der Waals surface area contributed by atoms with Gasteiger partial charge >= 0.3 is 6.09 Å². The molecule has 0 bridgehead atoms. The van der Waals surface area contributed by atoms with Crippen LogP contribution >= 0.6 is 0 Å². The van der Waals surface area contributed by atoms with Gasteiger partial charge < -0.3 is 10.1 Å². The molecular weight excluding hydrogens is 336 g/mol. The predicted molar refractivity (Wildman–Crippen MR) is 98.8 cm³/mol. The fourth-order valence-corrected chi connectivity index (χ4v) is 2.52. The van der Waals surface area contributed by atoms with Gasteiger partial charge in [-0.25, -0.2) is 4.79 Å². The molecule has 0 aliphatic rings. The fraction of sp³-hybridized carbons (Fsp3) is 0.111. The first-order chi connectivity index (χ1) is 12.6. The predicted octanol–water partition coefficient (Wildman–Crippen LogP) is 4.46. The van der Waals surface area contributed by atoms with Gasteiger partial charge in [-0.15, -0.1) is 0 Å². The summed E-state index contributed by atoms with van der Waals surface area (Å²) in [5, 5.41) is 18.2. The van der Waals surface area contributed by atoms with Gasteiger partial charge in [0, 0.05) is 40.9 Å². The maximum atomic E-state index is 11.4. The Kier molecular flexibility index (Phi) is 4.93. The molecule has 2 aromatic carbocycles. The highest BCUT2D eigenvalue weighted by atomic mass is 16.6. The molecule has 0 atom stereocenters. The maximum absolute atomic E-state index is 11.4. The maximum Gasteiger partial charge on any atom is 0.411 e. The molecule has 0 saturated heterocycles. The van der Waals surface area contributed by atoms with E-state index in [-0.39, 0.29) is 5.69 Å². The number of benzene rings is 2. The number of amides is 1. The molecule has 1 aromatic heterocycles. The van der Waals surface area contributed by atoms with Crippen molar-refractivity contribution in [1.82, 2.24) is 4.98 Å². The summed E-state index contributed by atoms with van der Waals surface area (Å²) in [4.78, 5) is 26.1. The van der Waals surface area contributed by atoms with Crippen LogP contribution in [0.15, 0.2) is 54.9 Å². The third kappa shape index (κ3) is 3.69. The number of aromatic nitrogens is 1. The third-order valence-electron chi connectivity index (χ3n) is 3.68. The molecule has 0 spiro atoms. The van der Waals surface area contributed by atoms with Crippen LogP contribution < -0.4 is 10.6 Å². The smallest absolute Gasteiger partial charge is 0.411 e. The van der Waals surface area contributed by atoms with Crippen molar-refractivity contribution in [2.75, 3.05) is 17.2 Å². The van der Waals surface area contributed by atoms with Crippen molar-refractivity contribution >= 4 is 39.6 Å². The van der Waals surface area contributed by atoms with Gasteiger partial charge in [-0.2, -0.15) is 0 Å². The lowest BCUT2D eigenvalue weighted by molar-refractivity contribution is -0.383. The lowest BCUT2D eigenvalue weighted by Gasteiger charge is -2.11. The Balaban J connectivity index is 1.84. The number of pyridine rings is 1. The van der Waals surface area contributed by atoms with Gasteiger partial charge in [0.05, 0.1) is 16.9 Å². The summed E-state index contributed by atoms with van der Waals surface area (Å²) in [6.45, 7) is 2.03. The van der Waals surface area contributed by atoms with E-state index in [0.29, 0.717) is 23.1 Å². The molecule has 8 heteroatoms. The van der Waals surface area contributed by atoms with E-state index in [9.17, 15) is 14.9 Å². The highest BCUT2D eigenvalue weighted by Crippen LogP contribution is 2.32. The Morgan fingerprint density at radius 1 is 1.12 bits per heavy atom. The third-order valence-corrected chi connectivity index (χ3v) is 3.68. The lowest BCUT2D eigenvalue weighted by atomic mass is 10.1. The molecule has 132 valence electrons. The van der Waals surface area contributed by atoms with Crippen molar-refractivity contribution in [2.24, 2.45) is 0 Å². The van der Waals surface area contributed by atoms with Crippen molar-refractivity contribution in [3.8, 4) is 0 Å². The number of non-ortho nitro benzene ring substituents is 1. The highest BCUT2D eigenvalue weighted by Gasteiger charge is 2.14. The zero-order valence-corrected chi connectivity index (χ0v) is 13.9. The zero-order valence-electron chi connectivity index (χ0n) is 13.9. The molecule has 3 rings (SSSR count). The Hall–Kier alpha value is -3.68. The first-order valence-electron chi connectivity index (χ1n) is 7.90. The van der Waals surface area contributed by atoms with Crippen molar-refractivity contribution in [3.05, 3.63) is 65.0 Å². The van der Waals surface area contributed by atoms with E-state index in [4.69, 9.17) is 4.74 Å². The minimum Gasteiger partial charge on any atom is -0.450 e. The van der Waals surface area contributed by atoms with Gasteiger partial charge in [0.15, 0.2) is 0 Å². The van der Waals surface area contributed by atoms with Crippen molar-refractivity contribution < 1.29 is 14.5 Å². The van der Waals surface area contributed by atoms with Gasteiger partial charge in [0.25, 0.3) is 5.69 Å². The van der Waals surface area contributed by atoms with Crippen LogP contribution in [0.3, 0.4) is 0 Å². The van der Waals surface area contributed by atoms with Crippen LogP contribution in [-0.2, 0) is 4.74 Å². The normalized spacial score (nSPS) is 10.3. The Morgan fingerprint density at radius 3 is 2.54 bits per heavy atom. The van der Waals surface area contributed by atoms with Crippen LogP contribution in [0.4, 0.5) is 27.5 Å². The minimum atomic E-state index is -0.512. The number of carbonyl (C=O) groups excluding carboxylic acids is 1. The topological polar surface area (TPSA) is 106 Å². The Bertz CT molecular complexity index is 957. The number of hydrogen-bond donors (Lipinski definition) is 2. The molecule has 0 unspecified atom stereocenters. The van der Waals surface area contributed by atoms with E-state index < -0.39 is 11.0 Å². The summed E-state index contributed by atoms with van der Waals surface area (Å²) in [5.41, 5.74) is 2.10. The number of fused-ring (bicyclic) bond motifs is 1. The second-order valence-electron chi connectivity index (χ2n) is 5.36. The molecule has 1 heterocycles. The van der Waals surface area contributed by atoms with E-state index >= 15 is 0 Å². The molecule has 26 heavy (non-hydrogen) atoms. The fourth-order valence-electron chi connectivity index (χ4n) is 2.52. The van der Waals surface area contributed by atoms with E-state index in [2.05, 4.69) is 15.6 Å². The Labute approximate surface area is 149 Å². The molecule has 0 saturated carbocycles. The largest absolute Gasteiger partial charge is 0.450 e. The van der Waals surface area contributed by atoms with Crippen LogP contribution in [-0.4, -0.2) is 22.6 Å². The molecule has 0 aliphatic heterocycles. The Morgan fingerprint density at radius 2 is 1.85 bits per heavy atom. The van der Waals surface area contributed by atoms with Gasteiger partial charge in [0.1, 0.15) is 0 Å². The number of nitrogens with zero attached hydrogens (tertiary/aromatic N) is 2. The molecule has 2 N–H and O–H groups in total. The second-order valence-corrected chi connectivity index (χ2v) is 5.36. The monoisotopic (exact) mass is 352 g/mol. The summed E-state index contributed by atoms with van der Waals surface area (Å²) in [6, 6.07) is 11.9. The van der Waals surface area contributed by atoms with Crippen LogP contribution in [0.1, 0.15) is 6.92 Å². The molecular formula is C18H16N4O4. The summed E-state index contributed by atoms with van der Waals surface area (Å²) >= 11 is 0. The number of nitro groups is 1. The number of rotatable bonds is 5.